The Bertz CT molecular complexity index is 940. The molecule has 0 aromatic carbocycles. The van der Waals surface area contributed by atoms with Crippen LogP contribution in [0.15, 0.2) is 55.5 Å². The first kappa shape index (κ1) is 17.8. The first-order valence-electron chi connectivity index (χ1n) is 9.22. The Hall–Kier alpha value is -3.55. The van der Waals surface area contributed by atoms with Crippen LogP contribution in [0.3, 0.4) is 0 Å². The van der Waals surface area contributed by atoms with Gasteiger partial charge in [-0.05, 0) is 36.6 Å². The fourth-order valence-corrected chi connectivity index (χ4v) is 3.34. The molecule has 8 nitrogen and oxygen atoms in total. The third-order valence-corrected chi connectivity index (χ3v) is 4.73. The second-order valence-corrected chi connectivity index (χ2v) is 6.65. The lowest BCUT2D eigenvalue weighted by Gasteiger charge is -2.32. The summed E-state index contributed by atoms with van der Waals surface area (Å²) in [6.45, 7) is 1.47. The highest BCUT2D eigenvalue weighted by Gasteiger charge is 2.24. The van der Waals surface area contributed by atoms with Crippen molar-refractivity contribution in [2.45, 2.75) is 18.8 Å². The molecular formula is C20H21N7O. The van der Waals surface area contributed by atoms with Crippen LogP contribution in [0.5, 0.6) is 0 Å². The van der Waals surface area contributed by atoms with Gasteiger partial charge in [-0.2, -0.15) is 0 Å². The van der Waals surface area contributed by atoms with E-state index in [1.54, 1.807) is 49.5 Å². The molecular weight excluding hydrogens is 354 g/mol. The topological polar surface area (TPSA) is 99.7 Å². The average Bonchev–Trinajstić information content (AvgIpc) is 3.27. The fourth-order valence-electron chi connectivity index (χ4n) is 3.34. The lowest BCUT2D eigenvalue weighted by Crippen LogP contribution is -2.38. The minimum Gasteiger partial charge on any atom is -0.345 e. The molecule has 0 spiro atoms. The van der Waals surface area contributed by atoms with Crippen LogP contribution in [0, 0.1) is 0 Å². The number of hydrogen-bond donors (Lipinski definition) is 2. The standard InChI is InChI=1S/C20H21N7O/c28-20(4-3-17-11-22-14-25-17)27-9-1-2-16(13-27)15-5-6-23-18(10-15)26-19-12-21-7-8-24-19/h3-8,10-12,14,16H,1-2,9,13H2,(H,22,25)(H,23,24,26)/b4-3+/t16-/m1/s1. The zero-order valence-electron chi connectivity index (χ0n) is 15.3. The summed E-state index contributed by atoms with van der Waals surface area (Å²) in [7, 11) is 0. The van der Waals surface area contributed by atoms with Gasteiger partial charge < -0.3 is 15.2 Å². The van der Waals surface area contributed by atoms with E-state index in [9.17, 15) is 4.79 Å². The smallest absolute Gasteiger partial charge is 0.246 e. The van der Waals surface area contributed by atoms with E-state index in [2.05, 4.69) is 30.2 Å². The third-order valence-electron chi connectivity index (χ3n) is 4.73. The molecule has 2 N–H and O–H groups in total. The number of nitrogens with zero attached hydrogens (tertiary/aromatic N) is 5. The molecule has 0 aliphatic carbocycles. The normalized spacial score (nSPS) is 17.0. The largest absolute Gasteiger partial charge is 0.345 e. The number of piperidine rings is 1. The van der Waals surface area contributed by atoms with Crippen LogP contribution in [0.1, 0.15) is 30.0 Å². The van der Waals surface area contributed by atoms with Crippen molar-refractivity contribution in [1.82, 2.24) is 29.8 Å². The number of likely N-dealkylation sites (tertiary alicyclic amines) is 1. The van der Waals surface area contributed by atoms with Crippen LogP contribution in [0.4, 0.5) is 11.6 Å². The Morgan fingerprint density at radius 3 is 2.93 bits per heavy atom. The molecule has 3 aromatic rings. The number of amides is 1. The van der Waals surface area contributed by atoms with Gasteiger partial charge in [0, 0.05) is 43.7 Å². The molecule has 8 heteroatoms. The molecule has 28 heavy (non-hydrogen) atoms. The summed E-state index contributed by atoms with van der Waals surface area (Å²) in [5.74, 6) is 1.67. The third kappa shape index (κ3) is 4.40. The lowest BCUT2D eigenvalue weighted by molar-refractivity contribution is -0.127. The number of anilines is 2. The van der Waals surface area contributed by atoms with Gasteiger partial charge >= 0.3 is 0 Å². The number of rotatable bonds is 5. The van der Waals surface area contributed by atoms with Crippen LogP contribution in [-0.4, -0.2) is 48.8 Å². The summed E-state index contributed by atoms with van der Waals surface area (Å²) >= 11 is 0. The van der Waals surface area contributed by atoms with Gasteiger partial charge in [-0.25, -0.2) is 15.0 Å². The maximum atomic E-state index is 12.5. The highest BCUT2D eigenvalue weighted by Crippen LogP contribution is 2.28. The van der Waals surface area contributed by atoms with Crippen molar-refractivity contribution >= 4 is 23.6 Å². The van der Waals surface area contributed by atoms with Crippen molar-refractivity contribution in [3.63, 3.8) is 0 Å². The highest BCUT2D eigenvalue weighted by molar-refractivity contribution is 5.91. The van der Waals surface area contributed by atoms with Crippen LogP contribution in [-0.2, 0) is 4.79 Å². The van der Waals surface area contributed by atoms with Crippen molar-refractivity contribution in [2.24, 2.45) is 0 Å². The van der Waals surface area contributed by atoms with Gasteiger partial charge in [0.05, 0.1) is 24.4 Å². The van der Waals surface area contributed by atoms with E-state index in [4.69, 9.17) is 0 Å². The van der Waals surface area contributed by atoms with E-state index in [-0.39, 0.29) is 11.8 Å². The Morgan fingerprint density at radius 2 is 2.11 bits per heavy atom. The molecule has 1 fully saturated rings. The maximum Gasteiger partial charge on any atom is 0.246 e. The number of aromatic amines is 1. The number of nitrogens with one attached hydrogen (secondary N) is 2. The molecule has 1 aliphatic heterocycles. The number of imidazole rings is 1. The maximum absolute atomic E-state index is 12.5. The monoisotopic (exact) mass is 375 g/mol. The van der Waals surface area contributed by atoms with Gasteiger partial charge in [0.15, 0.2) is 0 Å². The predicted octanol–water partition coefficient (Wildman–Crippen LogP) is 2.76. The van der Waals surface area contributed by atoms with Gasteiger partial charge in [0.2, 0.25) is 5.91 Å². The van der Waals surface area contributed by atoms with Crippen molar-refractivity contribution in [3.8, 4) is 0 Å². The summed E-state index contributed by atoms with van der Waals surface area (Å²) in [5.41, 5.74) is 1.98. The molecule has 1 amide bonds. The van der Waals surface area contributed by atoms with E-state index in [0.717, 1.165) is 36.5 Å². The lowest BCUT2D eigenvalue weighted by atomic mass is 9.91. The summed E-state index contributed by atoms with van der Waals surface area (Å²) in [4.78, 5) is 34.0. The quantitative estimate of drug-likeness (QED) is 0.665. The van der Waals surface area contributed by atoms with Crippen LogP contribution >= 0.6 is 0 Å². The molecule has 4 heterocycles. The van der Waals surface area contributed by atoms with E-state index in [1.165, 1.54) is 0 Å². The summed E-state index contributed by atoms with van der Waals surface area (Å²) in [5, 5.41) is 3.17. The second-order valence-electron chi connectivity index (χ2n) is 6.65. The molecule has 0 saturated carbocycles. The molecule has 1 aliphatic rings. The zero-order valence-corrected chi connectivity index (χ0v) is 15.3. The van der Waals surface area contributed by atoms with Crippen molar-refractivity contribution in [2.75, 3.05) is 18.4 Å². The van der Waals surface area contributed by atoms with Crippen molar-refractivity contribution in [3.05, 3.63) is 66.8 Å². The van der Waals surface area contributed by atoms with Gasteiger partial charge in [0.1, 0.15) is 11.6 Å². The molecule has 0 bridgehead atoms. The van der Waals surface area contributed by atoms with E-state index in [1.807, 2.05) is 17.0 Å². The Balaban J connectivity index is 1.43. The SMILES string of the molecule is O=C(/C=C/c1cnc[nH]1)N1CCC[C@@H](c2ccnc(Nc3cnccn3)c2)C1. The molecule has 0 unspecified atom stereocenters. The molecule has 1 saturated heterocycles. The van der Waals surface area contributed by atoms with Crippen LogP contribution < -0.4 is 5.32 Å². The van der Waals surface area contributed by atoms with E-state index >= 15 is 0 Å². The average molecular weight is 375 g/mol. The van der Waals surface area contributed by atoms with Gasteiger partial charge in [-0.3, -0.25) is 9.78 Å². The number of pyridine rings is 1. The number of carbonyl (C=O) groups is 1. The summed E-state index contributed by atoms with van der Waals surface area (Å²) in [6, 6.07) is 4.04. The highest BCUT2D eigenvalue weighted by atomic mass is 16.2. The summed E-state index contributed by atoms with van der Waals surface area (Å²) in [6.07, 6.45) is 15.4. The van der Waals surface area contributed by atoms with Crippen LogP contribution in [0.25, 0.3) is 6.08 Å². The molecule has 1 atom stereocenters. The van der Waals surface area contributed by atoms with Crippen LogP contribution in [0.2, 0.25) is 0 Å². The first-order valence-corrected chi connectivity index (χ1v) is 9.22. The zero-order chi connectivity index (χ0) is 19.2. The fraction of sp³-hybridized carbons (Fsp3) is 0.250. The Labute approximate surface area is 162 Å². The Morgan fingerprint density at radius 1 is 1.18 bits per heavy atom. The predicted molar refractivity (Wildman–Crippen MR) is 106 cm³/mol. The minimum absolute atomic E-state index is 0.0197. The molecule has 0 radical (unpaired) electrons. The second kappa shape index (κ2) is 8.43. The van der Waals surface area contributed by atoms with E-state index in [0.29, 0.717) is 12.4 Å². The van der Waals surface area contributed by atoms with Gasteiger partial charge in [-0.15, -0.1) is 0 Å². The molecule has 4 rings (SSSR count). The van der Waals surface area contributed by atoms with Gasteiger partial charge in [-0.1, -0.05) is 0 Å². The van der Waals surface area contributed by atoms with Crippen molar-refractivity contribution in [1.29, 1.82) is 0 Å². The number of carbonyl (C=O) groups excluding carboxylic acids is 1. The number of aromatic nitrogens is 5. The molecule has 3 aromatic heterocycles. The number of H-pyrrole nitrogens is 1. The minimum atomic E-state index is 0.0197. The van der Waals surface area contributed by atoms with E-state index < -0.39 is 0 Å². The summed E-state index contributed by atoms with van der Waals surface area (Å²) < 4.78 is 0. The first-order chi connectivity index (χ1) is 13.8. The van der Waals surface area contributed by atoms with Crippen molar-refractivity contribution < 1.29 is 4.79 Å². The van der Waals surface area contributed by atoms with Gasteiger partial charge in [0.25, 0.3) is 0 Å². The number of hydrogen-bond acceptors (Lipinski definition) is 6. The Kier molecular flexibility index (Phi) is 5.37. The molecule has 142 valence electrons.